The summed E-state index contributed by atoms with van der Waals surface area (Å²) in [7, 11) is 0. The molecule has 1 rings (SSSR count). The Bertz CT molecular complexity index is 30.4. The molecule has 1 heterocycles. The Balaban J connectivity index is 0. The zero-order valence-electron chi connectivity index (χ0n) is 6.35. The zero-order valence-corrected chi connectivity index (χ0v) is 8.35. The molecule has 0 bridgehead atoms. The van der Waals surface area contributed by atoms with Crippen LogP contribution in [0.1, 0.15) is 19.8 Å². The molecule has 0 amide bonds. The van der Waals surface area contributed by atoms with Gasteiger partial charge in [0.1, 0.15) is 0 Å². The van der Waals surface area contributed by atoms with Crippen molar-refractivity contribution in [1.82, 2.24) is 0 Å². The monoisotopic (exact) mass is 140 g/mol. The Morgan fingerprint density at radius 1 is 1.33 bits per heavy atom. The van der Waals surface area contributed by atoms with Crippen LogP contribution in [0.5, 0.6) is 0 Å². The normalized spacial score (nSPS) is 15.3. The van der Waals surface area contributed by atoms with Crippen LogP contribution in [0.2, 0.25) is 0 Å². The Hall–Kier alpha value is 0.920. The van der Waals surface area contributed by atoms with Gasteiger partial charge in [0.15, 0.2) is 0 Å². The van der Waals surface area contributed by atoms with E-state index in [9.17, 15) is 0 Å². The topological polar surface area (TPSA) is 32.3 Å². The van der Waals surface area contributed by atoms with Gasteiger partial charge in [-0.2, -0.15) is 0 Å². The van der Waals surface area contributed by atoms with Gasteiger partial charge in [-0.15, -0.1) is 6.61 Å². The Morgan fingerprint density at radius 2 is 1.67 bits per heavy atom. The number of ether oxygens (including phenoxy) is 1. The van der Waals surface area contributed by atoms with Crippen LogP contribution in [0.15, 0.2) is 0 Å². The van der Waals surface area contributed by atoms with Crippen molar-refractivity contribution in [3.05, 3.63) is 0 Å². The van der Waals surface area contributed by atoms with Crippen LogP contribution < -0.4 is 34.7 Å². The van der Waals surface area contributed by atoms with Gasteiger partial charge in [0.2, 0.25) is 0 Å². The molecule has 2 nitrogen and oxygen atoms in total. The van der Waals surface area contributed by atoms with E-state index in [0.717, 1.165) is 13.2 Å². The third-order valence-corrected chi connectivity index (χ3v) is 0.827. The van der Waals surface area contributed by atoms with Gasteiger partial charge >= 0.3 is 29.6 Å². The van der Waals surface area contributed by atoms with Gasteiger partial charge in [0.25, 0.3) is 0 Å². The molecule has 0 aromatic rings. The molecule has 0 aliphatic carbocycles. The van der Waals surface area contributed by atoms with Crippen LogP contribution in [0.3, 0.4) is 0 Å². The number of hydrogen-bond acceptors (Lipinski definition) is 2. The largest absolute Gasteiger partial charge is 1.00 e. The van der Waals surface area contributed by atoms with E-state index in [1.165, 1.54) is 12.8 Å². The predicted octanol–water partition coefficient (Wildman–Crippen LogP) is -2.83. The third-order valence-electron chi connectivity index (χ3n) is 0.827. The summed E-state index contributed by atoms with van der Waals surface area (Å²) in [6, 6.07) is 0. The van der Waals surface area contributed by atoms with Gasteiger partial charge in [-0.3, -0.25) is 0 Å². The minimum absolute atomic E-state index is 0. The molecule has 3 heteroatoms. The van der Waals surface area contributed by atoms with E-state index in [-0.39, 0.29) is 36.2 Å². The summed E-state index contributed by atoms with van der Waals surface area (Å²) in [6.45, 7) is 3.57. The van der Waals surface area contributed by atoms with Gasteiger partial charge in [0.05, 0.1) is 0 Å². The van der Waals surface area contributed by atoms with E-state index >= 15 is 0 Å². The van der Waals surface area contributed by atoms with Gasteiger partial charge in [-0.05, 0) is 12.8 Å². The van der Waals surface area contributed by atoms with Crippen molar-refractivity contribution in [2.45, 2.75) is 19.8 Å². The number of rotatable bonds is 0. The SMILES string of the molecule is C1CCOC1.CC[O-].[Na+]. The fourth-order valence-corrected chi connectivity index (χ4v) is 0.510. The first-order chi connectivity index (χ1) is 3.91. The molecule has 0 spiro atoms. The van der Waals surface area contributed by atoms with Gasteiger partial charge in [-0.25, -0.2) is 0 Å². The molecule has 1 aliphatic heterocycles. The average molecular weight is 140 g/mol. The molecule has 0 aromatic carbocycles. The average Bonchev–Trinajstić information content (AvgIpc) is 2.17. The maximum atomic E-state index is 8.93. The summed E-state index contributed by atoms with van der Waals surface area (Å²) in [5.74, 6) is 0. The molecule has 0 N–H and O–H groups in total. The number of hydrogen-bond donors (Lipinski definition) is 0. The van der Waals surface area contributed by atoms with Crippen LogP contribution in [0, 0.1) is 0 Å². The molecule has 1 fully saturated rings. The van der Waals surface area contributed by atoms with E-state index in [0.29, 0.717) is 0 Å². The van der Waals surface area contributed by atoms with Crippen molar-refractivity contribution in [2.75, 3.05) is 19.8 Å². The third kappa shape index (κ3) is 12.2. The molecule has 0 saturated carbocycles. The van der Waals surface area contributed by atoms with E-state index in [1.54, 1.807) is 6.92 Å². The molecule has 0 atom stereocenters. The molecule has 1 saturated heterocycles. The van der Waals surface area contributed by atoms with Crippen LogP contribution in [0.4, 0.5) is 0 Å². The smallest absolute Gasteiger partial charge is 0.855 e. The Morgan fingerprint density at radius 3 is 1.78 bits per heavy atom. The summed E-state index contributed by atoms with van der Waals surface area (Å²) >= 11 is 0. The molecule has 50 valence electrons. The minimum atomic E-state index is 0. The first-order valence-electron chi connectivity index (χ1n) is 3.07. The molecule has 1 aliphatic rings. The Labute approximate surface area is 78.9 Å². The van der Waals surface area contributed by atoms with Gasteiger partial charge in [-0.1, -0.05) is 6.92 Å². The molecular formula is C6H13NaO2. The van der Waals surface area contributed by atoms with Crippen molar-refractivity contribution in [3.8, 4) is 0 Å². The second-order valence-corrected chi connectivity index (χ2v) is 1.61. The quantitative estimate of drug-likeness (QED) is 0.340. The maximum absolute atomic E-state index is 8.93. The van der Waals surface area contributed by atoms with Gasteiger partial charge < -0.3 is 9.84 Å². The van der Waals surface area contributed by atoms with Crippen molar-refractivity contribution >= 4 is 0 Å². The fourth-order valence-electron chi connectivity index (χ4n) is 0.510. The van der Waals surface area contributed by atoms with Crippen LogP contribution in [-0.2, 0) is 4.74 Å². The first kappa shape index (κ1) is 12.6. The van der Waals surface area contributed by atoms with E-state index in [4.69, 9.17) is 9.84 Å². The van der Waals surface area contributed by atoms with Crippen molar-refractivity contribution in [3.63, 3.8) is 0 Å². The molecular weight excluding hydrogens is 127 g/mol. The maximum Gasteiger partial charge on any atom is 1.00 e. The predicted molar refractivity (Wildman–Crippen MR) is 30.6 cm³/mol. The Kier molecular flexibility index (Phi) is 16.3. The van der Waals surface area contributed by atoms with E-state index in [2.05, 4.69) is 0 Å². The standard InChI is InChI=1S/C4H8O.C2H5O.Na/c1-2-4-5-3-1;1-2-3;/h1-4H2;2H2,1H3;/q;-1;+1. The zero-order chi connectivity index (χ0) is 6.24. The summed E-state index contributed by atoms with van der Waals surface area (Å²) in [5.41, 5.74) is 0. The fraction of sp³-hybridized carbons (Fsp3) is 1.00. The summed E-state index contributed by atoms with van der Waals surface area (Å²) in [4.78, 5) is 0. The molecule has 0 unspecified atom stereocenters. The summed E-state index contributed by atoms with van der Waals surface area (Å²) in [6.07, 6.45) is 2.56. The first-order valence-corrected chi connectivity index (χ1v) is 3.07. The van der Waals surface area contributed by atoms with Crippen molar-refractivity contribution in [2.24, 2.45) is 0 Å². The van der Waals surface area contributed by atoms with Crippen molar-refractivity contribution < 1.29 is 39.4 Å². The van der Waals surface area contributed by atoms with E-state index < -0.39 is 0 Å². The summed E-state index contributed by atoms with van der Waals surface area (Å²) < 4.78 is 4.94. The molecule has 0 aromatic heterocycles. The van der Waals surface area contributed by atoms with E-state index in [1.807, 2.05) is 0 Å². The van der Waals surface area contributed by atoms with Crippen LogP contribution in [-0.4, -0.2) is 19.8 Å². The molecule has 0 radical (unpaired) electrons. The van der Waals surface area contributed by atoms with Gasteiger partial charge in [0, 0.05) is 13.2 Å². The summed E-state index contributed by atoms with van der Waals surface area (Å²) in [5, 5.41) is 8.93. The van der Waals surface area contributed by atoms with Crippen molar-refractivity contribution in [1.29, 1.82) is 0 Å². The molecule has 9 heavy (non-hydrogen) atoms. The van der Waals surface area contributed by atoms with Crippen LogP contribution in [0.25, 0.3) is 0 Å². The minimum Gasteiger partial charge on any atom is -0.855 e. The van der Waals surface area contributed by atoms with Crippen LogP contribution >= 0.6 is 0 Å². The second-order valence-electron chi connectivity index (χ2n) is 1.61. The second kappa shape index (κ2) is 11.7.